The van der Waals surface area contributed by atoms with Crippen LogP contribution in [0.2, 0.25) is 0 Å². The number of rotatable bonds is 6. The molecule has 0 saturated carbocycles. The van der Waals surface area contributed by atoms with E-state index in [1.807, 2.05) is 6.92 Å². The highest BCUT2D eigenvalue weighted by Crippen LogP contribution is 2.00. The largest absolute Gasteiger partial charge is 0.372 e. The minimum Gasteiger partial charge on any atom is -0.372 e. The molecule has 1 rings (SSSR count). The van der Waals surface area contributed by atoms with Crippen LogP contribution in [0.5, 0.6) is 0 Å². The molecule has 2 N–H and O–H groups in total. The van der Waals surface area contributed by atoms with E-state index >= 15 is 0 Å². The van der Waals surface area contributed by atoms with Crippen LogP contribution in [-0.4, -0.2) is 45.2 Å². The third-order valence-corrected chi connectivity index (χ3v) is 3.36. The van der Waals surface area contributed by atoms with Gasteiger partial charge in [-0.25, -0.2) is 4.98 Å². The number of carbonyl (C=O) groups excluding carboxylic acids is 1. The fourth-order valence-electron chi connectivity index (χ4n) is 1.11. The molecule has 0 bridgehead atoms. The number of hydrogen-bond acceptors (Lipinski definition) is 5. The normalized spacial score (nSPS) is 11.9. The standard InChI is InChI=1S/C10H16N4O2S/c1-3-17(16)5-4-13-10(15)8-6-12-7-9(11-2)14-8/h6-7H,3-5H2,1-2H3,(H,11,14)(H,13,15). The first-order valence-corrected chi connectivity index (χ1v) is 6.79. The van der Waals surface area contributed by atoms with Gasteiger partial charge in [0.05, 0.1) is 12.4 Å². The maximum atomic E-state index is 11.6. The van der Waals surface area contributed by atoms with Crippen LogP contribution in [0.25, 0.3) is 0 Å². The summed E-state index contributed by atoms with van der Waals surface area (Å²) in [5, 5.41) is 5.46. The number of nitrogens with one attached hydrogen (secondary N) is 2. The van der Waals surface area contributed by atoms with E-state index in [1.165, 1.54) is 12.4 Å². The Hall–Kier alpha value is -1.50. The summed E-state index contributed by atoms with van der Waals surface area (Å²) in [4.78, 5) is 19.6. The Balaban J connectivity index is 2.49. The summed E-state index contributed by atoms with van der Waals surface area (Å²) in [5.41, 5.74) is 0.249. The lowest BCUT2D eigenvalue weighted by Gasteiger charge is -2.05. The van der Waals surface area contributed by atoms with Gasteiger partial charge in [0.2, 0.25) is 0 Å². The molecule has 1 amide bonds. The fraction of sp³-hybridized carbons (Fsp3) is 0.500. The zero-order valence-electron chi connectivity index (χ0n) is 9.90. The van der Waals surface area contributed by atoms with Crippen LogP contribution in [0.4, 0.5) is 5.82 Å². The zero-order chi connectivity index (χ0) is 12.7. The van der Waals surface area contributed by atoms with Gasteiger partial charge in [0, 0.05) is 35.9 Å². The Kier molecular flexibility index (Phi) is 5.55. The van der Waals surface area contributed by atoms with E-state index in [0.29, 0.717) is 23.9 Å². The summed E-state index contributed by atoms with van der Waals surface area (Å²) in [5.74, 6) is 1.30. The lowest BCUT2D eigenvalue weighted by molar-refractivity contribution is 0.0951. The first-order chi connectivity index (χ1) is 8.17. The number of aromatic nitrogens is 2. The first kappa shape index (κ1) is 13.6. The van der Waals surface area contributed by atoms with Crippen molar-refractivity contribution in [2.24, 2.45) is 0 Å². The van der Waals surface area contributed by atoms with Crippen molar-refractivity contribution in [2.75, 3.05) is 30.4 Å². The lowest BCUT2D eigenvalue weighted by Crippen LogP contribution is -2.28. The van der Waals surface area contributed by atoms with Crippen LogP contribution in [0, 0.1) is 0 Å². The molecule has 0 aliphatic heterocycles. The maximum Gasteiger partial charge on any atom is 0.271 e. The highest BCUT2D eigenvalue weighted by Gasteiger charge is 2.08. The smallest absolute Gasteiger partial charge is 0.271 e. The van der Waals surface area contributed by atoms with Crippen LogP contribution in [0.15, 0.2) is 12.4 Å². The summed E-state index contributed by atoms with van der Waals surface area (Å²) >= 11 is 0. The maximum absolute atomic E-state index is 11.6. The van der Waals surface area contributed by atoms with Crippen LogP contribution in [0.1, 0.15) is 17.4 Å². The summed E-state index contributed by atoms with van der Waals surface area (Å²) < 4.78 is 11.2. The Morgan fingerprint density at radius 3 is 2.88 bits per heavy atom. The van der Waals surface area contributed by atoms with E-state index in [2.05, 4.69) is 20.6 Å². The molecule has 1 aromatic heterocycles. The van der Waals surface area contributed by atoms with Gasteiger partial charge in [-0.15, -0.1) is 0 Å². The molecule has 1 aromatic rings. The van der Waals surface area contributed by atoms with Crippen molar-refractivity contribution in [1.29, 1.82) is 0 Å². The molecule has 17 heavy (non-hydrogen) atoms. The zero-order valence-corrected chi connectivity index (χ0v) is 10.7. The Morgan fingerprint density at radius 1 is 1.47 bits per heavy atom. The van der Waals surface area contributed by atoms with E-state index in [-0.39, 0.29) is 11.6 Å². The van der Waals surface area contributed by atoms with Crippen molar-refractivity contribution in [3.63, 3.8) is 0 Å². The highest BCUT2D eigenvalue weighted by atomic mass is 32.2. The molecule has 0 aliphatic carbocycles. The minimum absolute atomic E-state index is 0.249. The molecular weight excluding hydrogens is 240 g/mol. The van der Waals surface area contributed by atoms with Gasteiger partial charge in [0.1, 0.15) is 11.5 Å². The number of carbonyl (C=O) groups is 1. The SMILES string of the molecule is CCS(=O)CCNC(=O)c1cncc(NC)n1. The Labute approximate surface area is 103 Å². The second-order valence-corrected chi connectivity index (χ2v) is 5.09. The van der Waals surface area contributed by atoms with Gasteiger partial charge in [-0.05, 0) is 0 Å². The molecule has 94 valence electrons. The topological polar surface area (TPSA) is 84.0 Å². The van der Waals surface area contributed by atoms with E-state index in [4.69, 9.17) is 0 Å². The third kappa shape index (κ3) is 4.48. The van der Waals surface area contributed by atoms with Gasteiger partial charge in [-0.2, -0.15) is 0 Å². The molecule has 0 aromatic carbocycles. The minimum atomic E-state index is -0.869. The second kappa shape index (κ2) is 6.95. The van der Waals surface area contributed by atoms with Crippen LogP contribution < -0.4 is 10.6 Å². The second-order valence-electron chi connectivity index (χ2n) is 3.23. The van der Waals surface area contributed by atoms with Crippen LogP contribution in [-0.2, 0) is 10.8 Å². The first-order valence-electron chi connectivity index (χ1n) is 5.30. The quantitative estimate of drug-likeness (QED) is 0.749. The lowest BCUT2D eigenvalue weighted by atomic mass is 10.4. The van der Waals surface area contributed by atoms with Crippen LogP contribution in [0.3, 0.4) is 0 Å². The molecule has 0 saturated heterocycles. The number of anilines is 1. The van der Waals surface area contributed by atoms with E-state index in [1.54, 1.807) is 7.05 Å². The van der Waals surface area contributed by atoms with Crippen molar-refractivity contribution < 1.29 is 9.00 Å². The van der Waals surface area contributed by atoms with Crippen molar-refractivity contribution >= 4 is 22.5 Å². The summed E-state index contributed by atoms with van der Waals surface area (Å²) in [6.07, 6.45) is 2.93. The molecule has 0 spiro atoms. The third-order valence-electron chi connectivity index (χ3n) is 2.06. The summed E-state index contributed by atoms with van der Waals surface area (Å²) in [6.45, 7) is 2.23. The van der Waals surface area contributed by atoms with Gasteiger partial charge in [0.15, 0.2) is 0 Å². The van der Waals surface area contributed by atoms with Crippen LogP contribution >= 0.6 is 0 Å². The molecule has 1 unspecified atom stereocenters. The predicted octanol–water partition coefficient (Wildman–Crippen LogP) is 0.0167. The van der Waals surface area contributed by atoms with E-state index in [9.17, 15) is 9.00 Å². The summed E-state index contributed by atoms with van der Waals surface area (Å²) in [7, 11) is 0.836. The fourth-order valence-corrected chi connectivity index (χ4v) is 1.73. The predicted molar refractivity (Wildman–Crippen MR) is 67.5 cm³/mol. The molecule has 0 aliphatic rings. The van der Waals surface area contributed by atoms with Crippen molar-refractivity contribution in [3.05, 3.63) is 18.1 Å². The molecule has 1 heterocycles. The number of amides is 1. The molecule has 1 atom stereocenters. The Morgan fingerprint density at radius 2 is 2.24 bits per heavy atom. The molecular formula is C10H16N4O2S. The monoisotopic (exact) mass is 256 g/mol. The Bertz CT molecular complexity index is 411. The van der Waals surface area contributed by atoms with Gasteiger partial charge in [-0.1, -0.05) is 6.92 Å². The van der Waals surface area contributed by atoms with Crippen molar-refractivity contribution in [2.45, 2.75) is 6.92 Å². The average molecular weight is 256 g/mol. The average Bonchev–Trinajstić information content (AvgIpc) is 2.38. The number of hydrogen-bond donors (Lipinski definition) is 2. The van der Waals surface area contributed by atoms with E-state index < -0.39 is 10.8 Å². The highest BCUT2D eigenvalue weighted by molar-refractivity contribution is 7.84. The van der Waals surface area contributed by atoms with Crippen molar-refractivity contribution in [1.82, 2.24) is 15.3 Å². The number of nitrogens with zero attached hydrogens (tertiary/aromatic N) is 2. The molecule has 0 radical (unpaired) electrons. The molecule has 6 nitrogen and oxygen atoms in total. The van der Waals surface area contributed by atoms with Gasteiger partial charge >= 0.3 is 0 Å². The molecule has 7 heteroatoms. The van der Waals surface area contributed by atoms with Crippen molar-refractivity contribution in [3.8, 4) is 0 Å². The van der Waals surface area contributed by atoms with E-state index in [0.717, 1.165) is 0 Å². The van der Waals surface area contributed by atoms with Gasteiger partial charge in [0.25, 0.3) is 5.91 Å². The van der Waals surface area contributed by atoms with Gasteiger partial charge < -0.3 is 10.6 Å². The van der Waals surface area contributed by atoms with Gasteiger partial charge in [-0.3, -0.25) is 14.0 Å². The summed E-state index contributed by atoms with van der Waals surface area (Å²) in [6, 6.07) is 0. The molecule has 0 fully saturated rings.